The standard InChI is InChI=1S/C26H34FN5O2/c1-18-14-21(27)22(29-25(33)30(5)8-6-26(2,3)4)16-20(18)19-15-23(31-10-12-34-13-11-31)24-28-7-9-32(24)17-19/h7,9,14-17H,6,8,10-13H2,1-5H3,(H,29,33). The molecule has 3 aromatic rings. The molecule has 3 heterocycles. The number of fused-ring (bicyclic) bond motifs is 1. The molecular formula is C26H34FN5O2. The number of rotatable bonds is 5. The minimum Gasteiger partial charge on any atom is -0.378 e. The Balaban J connectivity index is 1.65. The van der Waals surface area contributed by atoms with Crippen LogP contribution in [0.2, 0.25) is 0 Å². The van der Waals surface area contributed by atoms with E-state index in [0.29, 0.717) is 19.8 Å². The van der Waals surface area contributed by atoms with Crippen molar-refractivity contribution in [2.45, 2.75) is 34.1 Å². The Hall–Kier alpha value is -3.13. The van der Waals surface area contributed by atoms with Crippen molar-refractivity contribution < 1.29 is 13.9 Å². The highest BCUT2D eigenvalue weighted by Crippen LogP contribution is 2.33. The number of hydrogen-bond acceptors (Lipinski definition) is 4. The van der Waals surface area contributed by atoms with Crippen molar-refractivity contribution >= 4 is 23.1 Å². The molecule has 182 valence electrons. The predicted octanol–water partition coefficient (Wildman–Crippen LogP) is 5.19. The third-order valence-corrected chi connectivity index (χ3v) is 6.23. The number of anilines is 2. The summed E-state index contributed by atoms with van der Waals surface area (Å²) in [6, 6.07) is 4.97. The highest BCUT2D eigenvalue weighted by atomic mass is 19.1. The fraction of sp³-hybridized carbons (Fsp3) is 0.462. The second-order valence-corrected chi connectivity index (χ2v) is 10.2. The predicted molar refractivity (Wildman–Crippen MR) is 134 cm³/mol. The summed E-state index contributed by atoms with van der Waals surface area (Å²) in [5.74, 6) is -0.448. The van der Waals surface area contributed by atoms with Gasteiger partial charge in [0.05, 0.1) is 24.6 Å². The molecule has 1 aliphatic heterocycles. The lowest BCUT2D eigenvalue weighted by molar-refractivity contribution is 0.123. The Morgan fingerprint density at radius 2 is 1.97 bits per heavy atom. The molecule has 0 spiro atoms. The summed E-state index contributed by atoms with van der Waals surface area (Å²) in [7, 11) is 1.73. The maximum absolute atomic E-state index is 14.8. The third kappa shape index (κ3) is 5.33. The molecule has 1 fully saturated rings. The highest BCUT2D eigenvalue weighted by molar-refractivity contribution is 5.91. The smallest absolute Gasteiger partial charge is 0.321 e. The lowest BCUT2D eigenvalue weighted by atomic mass is 9.92. The number of hydrogen-bond donors (Lipinski definition) is 1. The molecule has 1 N–H and O–H groups in total. The number of ether oxygens (including phenoxy) is 1. The van der Waals surface area contributed by atoms with Crippen molar-refractivity contribution in [2.24, 2.45) is 5.41 Å². The minimum atomic E-state index is -0.448. The van der Waals surface area contributed by atoms with Gasteiger partial charge < -0.3 is 24.3 Å². The largest absolute Gasteiger partial charge is 0.378 e. The van der Waals surface area contributed by atoms with E-state index in [1.165, 1.54) is 6.07 Å². The SMILES string of the molecule is Cc1cc(F)c(NC(=O)N(C)CCC(C)(C)C)cc1-c1cc(N2CCOCC2)c2nccn2c1. The van der Waals surface area contributed by atoms with E-state index in [0.717, 1.165) is 47.5 Å². The first kappa shape index (κ1) is 24.0. The Morgan fingerprint density at radius 3 is 2.68 bits per heavy atom. The van der Waals surface area contributed by atoms with E-state index in [2.05, 4.69) is 42.0 Å². The molecule has 1 aliphatic rings. The Labute approximate surface area is 200 Å². The molecule has 4 rings (SSSR count). The van der Waals surface area contributed by atoms with Gasteiger partial charge in [0.1, 0.15) is 5.82 Å². The number of halogens is 1. The number of amides is 2. The number of imidazole rings is 1. The molecular weight excluding hydrogens is 433 g/mol. The van der Waals surface area contributed by atoms with Crippen LogP contribution in [0.25, 0.3) is 16.8 Å². The molecule has 0 saturated carbocycles. The molecule has 1 aromatic carbocycles. The fourth-order valence-electron chi connectivity index (χ4n) is 4.09. The van der Waals surface area contributed by atoms with Crippen LogP contribution in [0.3, 0.4) is 0 Å². The van der Waals surface area contributed by atoms with Crippen molar-refractivity contribution in [3.05, 3.63) is 48.2 Å². The van der Waals surface area contributed by atoms with E-state index in [1.807, 2.05) is 23.7 Å². The van der Waals surface area contributed by atoms with Crippen LogP contribution in [0.5, 0.6) is 0 Å². The lowest BCUT2D eigenvalue weighted by Crippen LogP contribution is -2.36. The molecule has 0 aliphatic carbocycles. The number of nitrogens with zero attached hydrogens (tertiary/aromatic N) is 4. The number of morpholine rings is 1. The van der Waals surface area contributed by atoms with Gasteiger partial charge in [0.25, 0.3) is 0 Å². The van der Waals surface area contributed by atoms with E-state index in [-0.39, 0.29) is 17.1 Å². The van der Waals surface area contributed by atoms with Crippen LogP contribution in [0, 0.1) is 18.2 Å². The molecule has 8 heteroatoms. The summed E-state index contributed by atoms with van der Waals surface area (Å²) in [5, 5.41) is 2.76. The van der Waals surface area contributed by atoms with Gasteiger partial charge in [-0.2, -0.15) is 0 Å². The molecule has 0 bridgehead atoms. The molecule has 0 atom stereocenters. The van der Waals surface area contributed by atoms with Gasteiger partial charge in [-0.1, -0.05) is 20.8 Å². The Morgan fingerprint density at radius 1 is 1.24 bits per heavy atom. The van der Waals surface area contributed by atoms with Crippen LogP contribution in [-0.2, 0) is 4.74 Å². The van der Waals surface area contributed by atoms with Crippen molar-refractivity contribution in [2.75, 3.05) is 50.1 Å². The van der Waals surface area contributed by atoms with Crippen LogP contribution < -0.4 is 10.2 Å². The Bertz CT molecular complexity index is 1180. The van der Waals surface area contributed by atoms with E-state index >= 15 is 0 Å². The number of aromatic nitrogens is 2. The zero-order chi connectivity index (χ0) is 24.5. The van der Waals surface area contributed by atoms with Gasteiger partial charge in [-0.15, -0.1) is 0 Å². The summed E-state index contributed by atoms with van der Waals surface area (Å²) in [6.45, 7) is 11.8. The molecule has 34 heavy (non-hydrogen) atoms. The number of aryl methyl sites for hydroxylation is 1. The number of benzene rings is 1. The number of pyridine rings is 1. The Kier molecular flexibility index (Phi) is 6.79. The maximum atomic E-state index is 14.8. The van der Waals surface area contributed by atoms with Crippen molar-refractivity contribution in [3.63, 3.8) is 0 Å². The molecule has 1 saturated heterocycles. The number of carbonyl (C=O) groups is 1. The first-order valence-corrected chi connectivity index (χ1v) is 11.7. The quantitative estimate of drug-likeness (QED) is 0.561. The monoisotopic (exact) mass is 467 g/mol. The van der Waals surface area contributed by atoms with Crippen LogP contribution in [0.15, 0.2) is 36.8 Å². The zero-order valence-corrected chi connectivity index (χ0v) is 20.7. The van der Waals surface area contributed by atoms with Gasteiger partial charge in [-0.3, -0.25) is 0 Å². The van der Waals surface area contributed by atoms with Gasteiger partial charge in [-0.05, 0) is 48.1 Å². The first-order chi connectivity index (χ1) is 16.1. The van der Waals surface area contributed by atoms with Crippen molar-refractivity contribution in [1.82, 2.24) is 14.3 Å². The molecule has 0 unspecified atom stereocenters. The molecule has 7 nitrogen and oxygen atoms in total. The summed E-state index contributed by atoms with van der Waals surface area (Å²) in [6.07, 6.45) is 6.54. The molecule has 0 radical (unpaired) electrons. The maximum Gasteiger partial charge on any atom is 0.321 e. The highest BCUT2D eigenvalue weighted by Gasteiger charge is 2.20. The van der Waals surface area contributed by atoms with E-state index < -0.39 is 5.82 Å². The summed E-state index contributed by atoms with van der Waals surface area (Å²) in [4.78, 5) is 21.1. The average molecular weight is 468 g/mol. The molecule has 2 aromatic heterocycles. The van der Waals surface area contributed by atoms with Gasteiger partial charge >= 0.3 is 6.03 Å². The second-order valence-electron chi connectivity index (χ2n) is 10.2. The van der Waals surface area contributed by atoms with E-state index in [9.17, 15) is 9.18 Å². The number of urea groups is 1. The van der Waals surface area contributed by atoms with E-state index in [4.69, 9.17) is 4.74 Å². The average Bonchev–Trinajstić information content (AvgIpc) is 3.27. The van der Waals surface area contributed by atoms with Gasteiger partial charge in [0, 0.05) is 50.8 Å². The molecule has 2 amide bonds. The zero-order valence-electron chi connectivity index (χ0n) is 20.7. The van der Waals surface area contributed by atoms with E-state index in [1.54, 1.807) is 24.2 Å². The normalized spacial score (nSPS) is 14.5. The van der Waals surface area contributed by atoms with Crippen LogP contribution in [0.4, 0.5) is 20.6 Å². The summed E-state index contributed by atoms with van der Waals surface area (Å²) >= 11 is 0. The lowest BCUT2D eigenvalue weighted by Gasteiger charge is -2.29. The topological polar surface area (TPSA) is 62.1 Å². The fourth-order valence-corrected chi connectivity index (χ4v) is 4.09. The first-order valence-electron chi connectivity index (χ1n) is 11.7. The second kappa shape index (κ2) is 9.62. The number of nitrogens with one attached hydrogen (secondary N) is 1. The van der Waals surface area contributed by atoms with Crippen molar-refractivity contribution in [1.29, 1.82) is 0 Å². The number of carbonyl (C=O) groups excluding carboxylic acids is 1. The van der Waals surface area contributed by atoms with Crippen LogP contribution in [0.1, 0.15) is 32.8 Å². The minimum absolute atomic E-state index is 0.112. The van der Waals surface area contributed by atoms with Crippen molar-refractivity contribution in [3.8, 4) is 11.1 Å². The van der Waals surface area contributed by atoms with Crippen LogP contribution >= 0.6 is 0 Å². The van der Waals surface area contributed by atoms with Gasteiger partial charge in [0.15, 0.2) is 5.65 Å². The van der Waals surface area contributed by atoms with Crippen LogP contribution in [-0.4, -0.2) is 60.2 Å². The van der Waals surface area contributed by atoms with Gasteiger partial charge in [0.2, 0.25) is 0 Å². The summed E-state index contributed by atoms with van der Waals surface area (Å²) < 4.78 is 22.4. The van der Waals surface area contributed by atoms with Gasteiger partial charge in [-0.25, -0.2) is 14.2 Å². The summed E-state index contributed by atoms with van der Waals surface area (Å²) in [5.41, 5.74) is 4.76. The third-order valence-electron chi connectivity index (χ3n) is 6.23.